The number of halogens is 1. The van der Waals surface area contributed by atoms with Crippen molar-refractivity contribution in [1.82, 2.24) is 40.9 Å². The Hall–Kier alpha value is -6.48. The number of rotatable bonds is 30. The number of hydrogen-bond acceptors (Lipinski definition) is 14. The van der Waals surface area contributed by atoms with Crippen molar-refractivity contribution in [2.24, 2.45) is 11.8 Å². The Balaban J connectivity index is 1.11. The first-order chi connectivity index (χ1) is 37.2. The first kappa shape index (κ1) is 60.7. The van der Waals surface area contributed by atoms with E-state index in [1.165, 1.54) is 6.07 Å². The van der Waals surface area contributed by atoms with Crippen molar-refractivity contribution in [1.29, 1.82) is 0 Å². The van der Waals surface area contributed by atoms with E-state index in [1.807, 2.05) is 79.4 Å². The number of ether oxygens (including phenoxy) is 2. The van der Waals surface area contributed by atoms with E-state index < -0.39 is 80.7 Å². The molecule has 78 heavy (non-hydrogen) atoms. The molecule has 5 N–H and O–H groups in total. The molecule has 4 amide bonds. The molecular weight excluding hydrogens is 1040 g/mol. The molecule has 1 saturated heterocycles. The lowest BCUT2D eigenvalue weighted by Crippen LogP contribution is -2.60. The molecule has 2 heterocycles. The molecule has 6 atom stereocenters. The lowest BCUT2D eigenvalue weighted by molar-refractivity contribution is -0.143. The molecule has 420 valence electrons. The summed E-state index contributed by atoms with van der Waals surface area (Å²) < 4.78 is 60.1. The maximum absolute atomic E-state index is 15.5. The highest BCUT2D eigenvalue weighted by Gasteiger charge is 2.40. The molecule has 1 fully saturated rings. The number of carbonyl (C=O) groups excluding carboxylic acids is 5. The summed E-state index contributed by atoms with van der Waals surface area (Å²) >= 11 is 0. The van der Waals surface area contributed by atoms with Crippen molar-refractivity contribution in [3.05, 3.63) is 144 Å². The first-order valence-corrected chi connectivity index (χ1v) is 28.7. The highest BCUT2D eigenvalue weighted by Crippen LogP contribution is 2.26. The molecule has 1 aliphatic heterocycles. The molecule has 1 aromatic heterocycles. The minimum Gasteiger partial charge on any atom is -0.487 e. The number of aryl methyl sites for hydroxylation is 1. The lowest BCUT2D eigenvalue weighted by atomic mass is 9.90. The first-order valence-electron chi connectivity index (χ1n) is 26.1. The van der Waals surface area contributed by atoms with E-state index in [-0.39, 0.29) is 62.3 Å². The number of aliphatic hydroxyl groups is 1. The Labute approximate surface area is 457 Å². The van der Waals surface area contributed by atoms with Gasteiger partial charge in [-0.3, -0.25) is 33.1 Å². The Bertz CT molecular complexity index is 2860. The van der Waals surface area contributed by atoms with Gasteiger partial charge in [-0.15, -0.1) is 5.10 Å². The third kappa shape index (κ3) is 19.5. The van der Waals surface area contributed by atoms with Crippen LogP contribution in [-0.4, -0.2) is 132 Å². The number of nitrogens with one attached hydrogen (secondary N) is 4. The second kappa shape index (κ2) is 29.5. The fourth-order valence-electron chi connectivity index (χ4n) is 8.55. The second-order valence-corrected chi connectivity index (χ2v) is 23.1. The zero-order valence-corrected chi connectivity index (χ0v) is 46.5. The normalized spacial score (nSPS) is 15.5. The van der Waals surface area contributed by atoms with Crippen LogP contribution < -0.4 is 26.0 Å². The number of amides is 4. The molecule has 0 spiro atoms. The number of Topliss-reactive ketones (excluding diaryl/α,β-unsaturated/α-hetero) is 1. The molecule has 2 unspecified atom stereocenters. The quantitative estimate of drug-likeness (QED) is 0.0303. The van der Waals surface area contributed by atoms with Crippen molar-refractivity contribution >= 4 is 48.3 Å². The van der Waals surface area contributed by atoms with Crippen LogP contribution in [0.4, 0.5) is 4.39 Å². The number of morpholine rings is 1. The average molecular weight is 1120 g/mol. The van der Waals surface area contributed by atoms with E-state index in [4.69, 9.17) is 13.7 Å². The maximum atomic E-state index is 15.5. The minimum absolute atomic E-state index is 0.00651. The summed E-state index contributed by atoms with van der Waals surface area (Å²) in [6, 6.07) is 26.2. The Morgan fingerprint density at radius 2 is 1.32 bits per heavy atom. The number of aromatic nitrogens is 3. The van der Waals surface area contributed by atoms with Gasteiger partial charge in [-0.05, 0) is 73.3 Å². The Kier molecular flexibility index (Phi) is 23.0. The number of benzene rings is 4. The fourth-order valence-corrected chi connectivity index (χ4v) is 10.5. The van der Waals surface area contributed by atoms with Gasteiger partial charge in [0.15, 0.2) is 5.78 Å². The molecule has 5 aromatic rings. The number of carbonyl (C=O) groups is 5. The third-order valence-electron chi connectivity index (χ3n) is 12.7. The van der Waals surface area contributed by atoms with Crippen LogP contribution in [0, 0.1) is 17.7 Å². The fraction of sp³-hybridized carbons (Fsp3) is 0.446. The monoisotopic (exact) mass is 1110 g/mol. The molecule has 4 aromatic carbocycles. The van der Waals surface area contributed by atoms with Crippen LogP contribution in [0.1, 0.15) is 76.3 Å². The van der Waals surface area contributed by atoms with Crippen molar-refractivity contribution < 1.29 is 55.5 Å². The van der Waals surface area contributed by atoms with E-state index in [0.717, 1.165) is 36.3 Å². The van der Waals surface area contributed by atoms with Gasteiger partial charge in [-0.2, -0.15) is 8.42 Å². The summed E-state index contributed by atoms with van der Waals surface area (Å²) in [5.74, 6) is -5.04. The summed E-state index contributed by atoms with van der Waals surface area (Å²) in [5, 5.41) is 31.0. The van der Waals surface area contributed by atoms with Gasteiger partial charge in [-0.1, -0.05) is 124 Å². The summed E-state index contributed by atoms with van der Waals surface area (Å²) in [6.07, 6.45) is 3.23. The highest BCUT2D eigenvalue weighted by molar-refractivity contribution is 7.86. The van der Waals surface area contributed by atoms with Gasteiger partial charge in [0.05, 0.1) is 32.0 Å². The Morgan fingerprint density at radius 3 is 1.95 bits per heavy atom. The van der Waals surface area contributed by atoms with Crippen molar-refractivity contribution in [2.75, 3.05) is 39.5 Å². The van der Waals surface area contributed by atoms with E-state index >= 15 is 4.39 Å². The number of hydrogen-bond donors (Lipinski definition) is 5. The summed E-state index contributed by atoms with van der Waals surface area (Å²) in [4.78, 5) is 71.7. The predicted molar refractivity (Wildman–Crippen MR) is 292 cm³/mol. The van der Waals surface area contributed by atoms with E-state index in [1.54, 1.807) is 54.8 Å². The van der Waals surface area contributed by atoms with E-state index in [2.05, 4.69) is 31.6 Å². The van der Waals surface area contributed by atoms with Crippen LogP contribution in [0.2, 0.25) is 0 Å². The molecule has 6 rings (SSSR count). The van der Waals surface area contributed by atoms with Gasteiger partial charge in [-0.25, -0.2) is 8.84 Å². The lowest BCUT2D eigenvalue weighted by Gasteiger charge is -2.30. The van der Waals surface area contributed by atoms with E-state index in [9.17, 15) is 37.5 Å². The SMILES string of the molecule is CC(C)C[C@H](NC(=O)[C@H](CCc1ccccc1)NC(=O)CN1CCOCC1)C(=O)N[C@@H](Cc1ccccc1)C(=O)N[C@@H](CC(C)C)C(=O)C(C)(O)COS(=O)(=O)c1ccc(OCc2cn(PCc3ccccc3)nn2)cc1F. The van der Waals surface area contributed by atoms with Gasteiger partial charge < -0.3 is 35.8 Å². The maximum Gasteiger partial charge on any atom is 0.300 e. The zero-order valence-electron chi connectivity index (χ0n) is 44.7. The molecule has 1 aliphatic rings. The zero-order chi connectivity index (χ0) is 56.2. The Morgan fingerprint density at radius 1 is 0.756 bits per heavy atom. The average Bonchev–Trinajstić information content (AvgIpc) is 3.90. The number of nitrogens with zero attached hydrogens (tertiary/aromatic N) is 4. The molecule has 0 aliphatic carbocycles. The van der Waals surface area contributed by atoms with Crippen LogP contribution in [0.15, 0.2) is 120 Å². The minimum atomic E-state index is -4.92. The molecule has 0 bridgehead atoms. The summed E-state index contributed by atoms with van der Waals surface area (Å²) in [5.41, 5.74) is 0.659. The van der Waals surface area contributed by atoms with E-state index in [0.29, 0.717) is 52.7 Å². The smallest absolute Gasteiger partial charge is 0.300 e. The molecular formula is C56H72FN8O11PS. The largest absolute Gasteiger partial charge is 0.487 e. The van der Waals surface area contributed by atoms with Crippen molar-refractivity contribution in [2.45, 2.75) is 114 Å². The molecule has 0 radical (unpaired) electrons. The van der Waals surface area contributed by atoms with Gasteiger partial charge in [0.1, 0.15) is 59.1 Å². The van der Waals surface area contributed by atoms with Crippen LogP contribution in [0.3, 0.4) is 0 Å². The van der Waals surface area contributed by atoms with Crippen molar-refractivity contribution in [3.63, 3.8) is 0 Å². The second-order valence-electron chi connectivity index (χ2n) is 20.4. The van der Waals surface area contributed by atoms with Crippen LogP contribution in [0.5, 0.6) is 5.75 Å². The molecule has 0 saturated carbocycles. The highest BCUT2D eigenvalue weighted by atomic mass is 32.2. The number of ketones is 1. The van der Waals surface area contributed by atoms with Crippen molar-refractivity contribution in [3.8, 4) is 5.75 Å². The van der Waals surface area contributed by atoms with Crippen LogP contribution in [0.25, 0.3) is 0 Å². The van der Waals surface area contributed by atoms with Gasteiger partial charge in [0.25, 0.3) is 10.1 Å². The topological polar surface area (TPSA) is 249 Å². The third-order valence-corrected chi connectivity index (χ3v) is 15.1. The van der Waals surface area contributed by atoms with Crippen LogP contribution in [-0.2, 0) is 68.6 Å². The summed E-state index contributed by atoms with van der Waals surface area (Å²) in [6.45, 7) is 9.25. The van der Waals surface area contributed by atoms with Gasteiger partial charge >= 0.3 is 0 Å². The molecule has 22 heteroatoms. The standard InChI is InChI=1S/C56H72FN8O11PS/c1-38(2)29-47(52(67)56(5,71)37-76-78(72,73)50-24-22-44(32-45(50)57)75-35-43-33-65(63-62-43)77-36-42-19-13-8-14-20-42)59-55(70)49(31-41-17-11-7-12-18-41)61-54(69)48(30-39(3)4)60-53(68)46(23-21-40-15-9-6-10-16-40)58-51(66)34-64-25-27-74-28-26-64/h6-20,22,24,32-33,38-39,46-49,71,77H,21,23,25-31,34-37H2,1-5H3,(H,58,66)(H,59,70)(H,60,68)(H,61,69)/t46-,47-,48-,49-,56?/m0/s1. The predicted octanol–water partition coefficient (Wildman–Crippen LogP) is 4.90. The van der Waals surface area contributed by atoms with Gasteiger partial charge in [0, 0.05) is 40.5 Å². The van der Waals surface area contributed by atoms with Crippen LogP contribution >= 0.6 is 8.73 Å². The molecule has 19 nitrogen and oxygen atoms in total. The summed E-state index contributed by atoms with van der Waals surface area (Å²) in [7, 11) is -4.63. The van der Waals surface area contributed by atoms with Gasteiger partial charge in [0.2, 0.25) is 23.6 Å².